The second-order valence-electron chi connectivity index (χ2n) is 12.2. The van der Waals surface area contributed by atoms with Gasteiger partial charge in [-0.15, -0.1) is 11.3 Å². The number of carbonyl (C=O) groups is 3. The SMILES string of the molecule is CN1CCC(c2ccc(-c3ccccc3-c3csc(N(C(=O)C(CC(=O)O)CC4CCCC4)C4CC4)n3)cn2)CC1=O. The van der Waals surface area contributed by atoms with Crippen LogP contribution in [0.25, 0.3) is 22.4 Å². The van der Waals surface area contributed by atoms with Gasteiger partial charge in [-0.05, 0) is 43.2 Å². The largest absolute Gasteiger partial charge is 0.481 e. The van der Waals surface area contributed by atoms with E-state index in [2.05, 4.69) is 12.1 Å². The first kappa shape index (κ1) is 28.5. The molecule has 3 aliphatic rings. The van der Waals surface area contributed by atoms with Gasteiger partial charge in [0, 0.05) is 66.3 Å². The Morgan fingerprint density at radius 2 is 1.83 bits per heavy atom. The minimum atomic E-state index is -0.919. The minimum Gasteiger partial charge on any atom is -0.481 e. The molecule has 0 bridgehead atoms. The maximum Gasteiger partial charge on any atom is 0.304 e. The standard InChI is InChI=1S/C33H38N4O4S/c1-36-15-14-22(17-30(36)38)28-13-10-23(19-34-28)26-8-4-5-9-27(26)29-20-42-33(35-29)37(25-11-12-25)32(41)24(18-31(39)40)16-21-6-2-3-7-21/h4-5,8-10,13,19-22,24-25H,2-3,6-7,11-12,14-18H2,1H3,(H,39,40). The van der Waals surface area contributed by atoms with Crippen LogP contribution in [0.3, 0.4) is 0 Å². The molecule has 42 heavy (non-hydrogen) atoms. The lowest BCUT2D eigenvalue weighted by molar-refractivity contribution is -0.141. The Labute approximate surface area is 250 Å². The molecule has 1 aromatic carbocycles. The number of carboxylic acids is 1. The summed E-state index contributed by atoms with van der Waals surface area (Å²) in [4.78, 5) is 51.1. The van der Waals surface area contributed by atoms with Crippen molar-refractivity contribution in [1.29, 1.82) is 0 Å². The van der Waals surface area contributed by atoms with Crippen molar-refractivity contribution >= 4 is 34.3 Å². The van der Waals surface area contributed by atoms with Crippen LogP contribution in [0.1, 0.15) is 75.8 Å². The van der Waals surface area contributed by atoms with Gasteiger partial charge in [-0.25, -0.2) is 4.98 Å². The first-order chi connectivity index (χ1) is 20.4. The van der Waals surface area contributed by atoms with Crippen LogP contribution in [0.5, 0.6) is 0 Å². The average Bonchev–Trinajstić information content (AvgIpc) is 3.46. The maximum atomic E-state index is 13.9. The molecule has 3 fully saturated rings. The molecule has 1 saturated heterocycles. The summed E-state index contributed by atoms with van der Waals surface area (Å²) in [5.41, 5.74) is 4.67. The Kier molecular flexibility index (Phi) is 8.38. The van der Waals surface area contributed by atoms with Gasteiger partial charge in [0.15, 0.2) is 5.13 Å². The Hall–Kier alpha value is -3.59. The second kappa shape index (κ2) is 12.3. The van der Waals surface area contributed by atoms with Gasteiger partial charge >= 0.3 is 5.97 Å². The number of piperidine rings is 1. The van der Waals surface area contributed by atoms with Crippen molar-refractivity contribution in [2.45, 2.75) is 76.2 Å². The van der Waals surface area contributed by atoms with Gasteiger partial charge in [0.1, 0.15) is 0 Å². The van der Waals surface area contributed by atoms with Crippen LogP contribution in [0.2, 0.25) is 0 Å². The number of hydrogen-bond acceptors (Lipinski definition) is 6. The third kappa shape index (κ3) is 6.26. The number of carbonyl (C=O) groups excluding carboxylic acids is 2. The Morgan fingerprint density at radius 1 is 1.07 bits per heavy atom. The maximum absolute atomic E-state index is 13.9. The lowest BCUT2D eigenvalue weighted by Crippen LogP contribution is -2.39. The van der Waals surface area contributed by atoms with E-state index in [9.17, 15) is 19.5 Å². The summed E-state index contributed by atoms with van der Waals surface area (Å²) < 4.78 is 0. The quantitative estimate of drug-likeness (QED) is 0.296. The van der Waals surface area contributed by atoms with E-state index >= 15 is 0 Å². The van der Waals surface area contributed by atoms with Crippen molar-refractivity contribution in [1.82, 2.24) is 14.9 Å². The number of benzene rings is 1. The molecule has 8 nitrogen and oxygen atoms in total. The monoisotopic (exact) mass is 586 g/mol. The van der Waals surface area contributed by atoms with Crippen LogP contribution in [-0.2, 0) is 14.4 Å². The Balaban J connectivity index is 1.24. The minimum absolute atomic E-state index is 0.0897. The molecule has 3 aromatic rings. The predicted molar refractivity (Wildman–Crippen MR) is 163 cm³/mol. The van der Waals surface area contributed by atoms with Crippen LogP contribution >= 0.6 is 11.3 Å². The van der Waals surface area contributed by atoms with Crippen LogP contribution in [0.15, 0.2) is 48.0 Å². The number of aliphatic carboxylic acids is 1. The molecule has 2 unspecified atom stereocenters. The fraction of sp³-hybridized carbons (Fsp3) is 0.485. The number of likely N-dealkylation sites (tertiary alicyclic amines) is 1. The number of nitrogens with zero attached hydrogens (tertiary/aromatic N) is 4. The van der Waals surface area contributed by atoms with E-state index in [1.807, 2.05) is 42.9 Å². The number of aromatic nitrogens is 2. The molecule has 6 rings (SSSR count). The second-order valence-corrected chi connectivity index (χ2v) is 13.0. The number of thiazole rings is 1. The summed E-state index contributed by atoms with van der Waals surface area (Å²) >= 11 is 1.45. The molecule has 0 spiro atoms. The van der Waals surface area contributed by atoms with Gasteiger partial charge in [-0.1, -0.05) is 56.0 Å². The topological polar surface area (TPSA) is 104 Å². The van der Waals surface area contributed by atoms with Gasteiger partial charge < -0.3 is 10.0 Å². The molecule has 0 radical (unpaired) electrons. The number of rotatable bonds is 10. The number of anilines is 1. The zero-order chi connectivity index (χ0) is 29.2. The summed E-state index contributed by atoms with van der Waals surface area (Å²) in [5, 5.41) is 12.3. The molecule has 3 heterocycles. The first-order valence-corrected chi connectivity index (χ1v) is 16.1. The van der Waals surface area contributed by atoms with Crippen molar-refractivity contribution in [3.63, 3.8) is 0 Å². The van der Waals surface area contributed by atoms with Crippen LogP contribution in [0.4, 0.5) is 5.13 Å². The number of hydrogen-bond donors (Lipinski definition) is 1. The zero-order valence-corrected chi connectivity index (χ0v) is 24.9. The van der Waals surface area contributed by atoms with Crippen molar-refractivity contribution in [2.24, 2.45) is 11.8 Å². The fourth-order valence-electron chi connectivity index (χ4n) is 6.55. The molecular weight excluding hydrogens is 548 g/mol. The molecule has 1 aliphatic heterocycles. The van der Waals surface area contributed by atoms with Crippen molar-refractivity contribution < 1.29 is 19.5 Å². The molecule has 220 valence electrons. The molecule has 9 heteroatoms. The third-order valence-corrected chi connectivity index (χ3v) is 9.93. The predicted octanol–water partition coefficient (Wildman–Crippen LogP) is 6.37. The Morgan fingerprint density at radius 3 is 2.50 bits per heavy atom. The van der Waals surface area contributed by atoms with E-state index < -0.39 is 11.9 Å². The lowest BCUT2D eigenvalue weighted by Gasteiger charge is -2.28. The lowest BCUT2D eigenvalue weighted by atomic mass is 9.90. The molecule has 2 aromatic heterocycles. The van der Waals surface area contributed by atoms with E-state index in [0.29, 0.717) is 23.9 Å². The van der Waals surface area contributed by atoms with Gasteiger partial charge in [0.25, 0.3) is 0 Å². The molecule has 2 saturated carbocycles. The number of carboxylic acid groups (broad SMARTS) is 1. The van der Waals surface area contributed by atoms with E-state index in [1.54, 1.807) is 9.80 Å². The molecular formula is C33H38N4O4S. The fourth-order valence-corrected chi connectivity index (χ4v) is 7.45. The highest BCUT2D eigenvalue weighted by molar-refractivity contribution is 7.14. The van der Waals surface area contributed by atoms with Gasteiger partial charge in [0.05, 0.1) is 12.1 Å². The summed E-state index contributed by atoms with van der Waals surface area (Å²) in [5.74, 6) is -0.795. The van der Waals surface area contributed by atoms with Crippen LogP contribution < -0.4 is 4.90 Å². The van der Waals surface area contributed by atoms with Gasteiger partial charge in [-0.2, -0.15) is 0 Å². The molecule has 1 N–H and O–H groups in total. The first-order valence-electron chi connectivity index (χ1n) is 15.2. The molecule has 2 amide bonds. The zero-order valence-electron chi connectivity index (χ0n) is 24.1. The van der Waals surface area contributed by atoms with Crippen molar-refractivity contribution in [3.05, 3.63) is 53.7 Å². The number of pyridine rings is 1. The summed E-state index contributed by atoms with van der Waals surface area (Å²) in [6.07, 6.45) is 10.1. The van der Waals surface area contributed by atoms with E-state index in [4.69, 9.17) is 9.97 Å². The van der Waals surface area contributed by atoms with Crippen LogP contribution in [-0.4, -0.2) is 57.4 Å². The number of amides is 2. The molecule has 2 atom stereocenters. The van der Waals surface area contributed by atoms with Gasteiger partial charge in [-0.3, -0.25) is 24.3 Å². The van der Waals surface area contributed by atoms with E-state index in [-0.39, 0.29) is 30.2 Å². The third-order valence-electron chi connectivity index (χ3n) is 9.09. The summed E-state index contributed by atoms with van der Waals surface area (Å²) in [7, 11) is 1.85. The van der Waals surface area contributed by atoms with Gasteiger partial charge in [0.2, 0.25) is 11.8 Å². The summed E-state index contributed by atoms with van der Waals surface area (Å²) in [6, 6.07) is 12.3. The van der Waals surface area contributed by atoms with E-state index in [1.165, 1.54) is 11.3 Å². The van der Waals surface area contributed by atoms with Crippen molar-refractivity contribution in [3.8, 4) is 22.4 Å². The highest BCUT2D eigenvalue weighted by atomic mass is 32.1. The van der Waals surface area contributed by atoms with E-state index in [0.717, 1.165) is 79.6 Å². The van der Waals surface area contributed by atoms with Crippen LogP contribution in [0, 0.1) is 11.8 Å². The highest BCUT2D eigenvalue weighted by Gasteiger charge is 2.40. The highest BCUT2D eigenvalue weighted by Crippen LogP contribution is 2.41. The van der Waals surface area contributed by atoms with Crippen molar-refractivity contribution in [2.75, 3.05) is 18.5 Å². The Bertz CT molecular complexity index is 1440. The molecule has 2 aliphatic carbocycles. The smallest absolute Gasteiger partial charge is 0.304 e. The average molecular weight is 587 g/mol. The normalized spacial score (nSPS) is 20.1. The summed E-state index contributed by atoms with van der Waals surface area (Å²) in [6.45, 7) is 0.750.